The second-order valence-electron chi connectivity index (χ2n) is 5.63. The Balaban J connectivity index is 2.07. The molecule has 0 unspecified atom stereocenters. The second-order valence-corrected chi connectivity index (χ2v) is 6.87. The average molecular weight is 462 g/mol. The molecule has 1 heterocycles. The third kappa shape index (κ3) is 3.60. The van der Waals surface area contributed by atoms with Crippen LogP contribution in [0.4, 0.5) is 0 Å². The van der Waals surface area contributed by atoms with E-state index in [0.717, 1.165) is 9.13 Å². The van der Waals surface area contributed by atoms with E-state index in [-0.39, 0.29) is 5.56 Å². The summed E-state index contributed by atoms with van der Waals surface area (Å²) in [6.07, 6.45) is 3.76. The van der Waals surface area contributed by atoms with Gasteiger partial charge in [0.25, 0.3) is 5.56 Å². The van der Waals surface area contributed by atoms with E-state index < -0.39 is 0 Å². The summed E-state index contributed by atoms with van der Waals surface area (Å²) in [4.78, 5) is 17.4. The van der Waals surface area contributed by atoms with E-state index in [2.05, 4.69) is 27.6 Å². The number of fused-ring (bicyclic) bond motifs is 1. The minimum atomic E-state index is -0.0250. The molecule has 5 nitrogen and oxygen atoms in total. The Morgan fingerprint density at radius 2 is 1.85 bits per heavy atom. The van der Waals surface area contributed by atoms with Gasteiger partial charge in [0, 0.05) is 10.1 Å². The zero-order valence-corrected chi connectivity index (χ0v) is 17.0. The summed E-state index contributed by atoms with van der Waals surface area (Å²) in [7, 11) is 3.21. The molecule has 26 heavy (non-hydrogen) atoms. The van der Waals surface area contributed by atoms with Crippen molar-refractivity contribution in [2.75, 3.05) is 14.2 Å². The molecule has 134 valence electrons. The van der Waals surface area contributed by atoms with Crippen LogP contribution in [-0.2, 0) is 6.54 Å². The number of rotatable bonds is 5. The summed E-state index contributed by atoms with van der Waals surface area (Å²) in [5.74, 6) is 1.96. The topological polar surface area (TPSA) is 53.4 Å². The first-order valence-corrected chi connectivity index (χ1v) is 9.25. The maximum atomic E-state index is 12.8. The van der Waals surface area contributed by atoms with Gasteiger partial charge in [0.2, 0.25) is 0 Å². The van der Waals surface area contributed by atoms with Gasteiger partial charge in [-0.1, -0.05) is 12.1 Å². The molecule has 1 aromatic heterocycles. The van der Waals surface area contributed by atoms with Gasteiger partial charge in [-0.05, 0) is 71.5 Å². The van der Waals surface area contributed by atoms with Crippen molar-refractivity contribution in [1.82, 2.24) is 9.55 Å². The van der Waals surface area contributed by atoms with E-state index in [1.165, 1.54) is 0 Å². The third-order valence-corrected chi connectivity index (χ3v) is 4.77. The van der Waals surface area contributed by atoms with Crippen molar-refractivity contribution >= 4 is 45.6 Å². The van der Waals surface area contributed by atoms with Gasteiger partial charge in [-0.15, -0.1) is 0 Å². The lowest BCUT2D eigenvalue weighted by molar-refractivity contribution is 0.355. The Labute approximate surface area is 165 Å². The molecule has 0 bridgehead atoms. The van der Waals surface area contributed by atoms with Gasteiger partial charge in [0.15, 0.2) is 11.5 Å². The predicted molar refractivity (Wildman–Crippen MR) is 113 cm³/mol. The lowest BCUT2D eigenvalue weighted by atomic mass is 10.2. The second kappa shape index (κ2) is 7.90. The maximum Gasteiger partial charge on any atom is 0.261 e. The summed E-state index contributed by atoms with van der Waals surface area (Å²) < 4.78 is 13.3. The number of halogens is 1. The summed E-state index contributed by atoms with van der Waals surface area (Å²) in [6, 6.07) is 11.4. The Kier molecular flexibility index (Phi) is 5.61. The van der Waals surface area contributed by atoms with Crippen LogP contribution < -0.4 is 15.0 Å². The fraction of sp³-hybridized carbons (Fsp3) is 0.200. The highest BCUT2D eigenvalue weighted by atomic mass is 127. The normalized spacial score (nSPS) is 11.2. The first kappa shape index (κ1) is 18.4. The highest BCUT2D eigenvalue weighted by molar-refractivity contribution is 14.1. The number of hydrogen-bond acceptors (Lipinski definition) is 4. The molecular formula is C20H19IN2O3. The molecule has 0 amide bonds. The van der Waals surface area contributed by atoms with Crippen LogP contribution >= 0.6 is 22.6 Å². The molecule has 0 aliphatic rings. The molecule has 3 rings (SSSR count). The van der Waals surface area contributed by atoms with E-state index in [1.54, 1.807) is 18.8 Å². The molecule has 0 N–H and O–H groups in total. The highest BCUT2D eigenvalue weighted by Crippen LogP contribution is 2.28. The van der Waals surface area contributed by atoms with Gasteiger partial charge < -0.3 is 9.47 Å². The standard InChI is InChI=1S/C20H19IN2O3/c1-4-23-19(22-16-8-7-14(21)12-15(16)20(23)24)10-6-13-5-9-17(25-2)18(11-13)26-3/h5-12H,4H2,1-3H3. The van der Waals surface area contributed by atoms with Crippen molar-refractivity contribution in [1.29, 1.82) is 0 Å². The molecule has 0 spiro atoms. The van der Waals surface area contributed by atoms with Gasteiger partial charge in [-0.25, -0.2) is 4.98 Å². The zero-order chi connectivity index (χ0) is 18.7. The largest absolute Gasteiger partial charge is 0.493 e. The van der Waals surface area contributed by atoms with Crippen LogP contribution in [0.15, 0.2) is 41.2 Å². The Bertz CT molecular complexity index is 1040. The third-order valence-electron chi connectivity index (χ3n) is 4.09. The predicted octanol–water partition coefficient (Wildman–Crippen LogP) is 4.21. The van der Waals surface area contributed by atoms with Crippen LogP contribution in [-0.4, -0.2) is 23.8 Å². The lowest BCUT2D eigenvalue weighted by Gasteiger charge is -2.10. The molecule has 0 radical (unpaired) electrons. The van der Waals surface area contributed by atoms with Gasteiger partial charge in [-0.2, -0.15) is 0 Å². The summed E-state index contributed by atoms with van der Waals surface area (Å²) >= 11 is 2.20. The van der Waals surface area contributed by atoms with E-state index in [1.807, 2.05) is 55.5 Å². The quantitative estimate of drug-likeness (QED) is 0.534. The fourth-order valence-corrected chi connectivity index (χ4v) is 3.26. The molecule has 0 aliphatic heterocycles. The van der Waals surface area contributed by atoms with Crippen LogP contribution in [0.5, 0.6) is 11.5 Å². The molecule has 2 aromatic carbocycles. The zero-order valence-electron chi connectivity index (χ0n) is 14.8. The van der Waals surface area contributed by atoms with Crippen molar-refractivity contribution in [2.24, 2.45) is 0 Å². The maximum absolute atomic E-state index is 12.8. The van der Waals surface area contributed by atoms with Crippen molar-refractivity contribution in [2.45, 2.75) is 13.5 Å². The lowest BCUT2D eigenvalue weighted by Crippen LogP contribution is -2.23. The van der Waals surface area contributed by atoms with E-state index in [4.69, 9.17) is 9.47 Å². The van der Waals surface area contributed by atoms with Crippen LogP contribution in [0.25, 0.3) is 23.1 Å². The highest BCUT2D eigenvalue weighted by Gasteiger charge is 2.09. The number of methoxy groups -OCH3 is 2. The smallest absolute Gasteiger partial charge is 0.261 e. The van der Waals surface area contributed by atoms with Crippen LogP contribution in [0.2, 0.25) is 0 Å². The van der Waals surface area contributed by atoms with Crippen LogP contribution in [0.1, 0.15) is 18.3 Å². The van der Waals surface area contributed by atoms with Crippen molar-refractivity contribution in [3.8, 4) is 11.5 Å². The minimum absolute atomic E-state index is 0.0250. The molecule has 0 aliphatic carbocycles. The SMILES string of the molecule is CCn1c(C=Cc2ccc(OC)c(OC)c2)nc2ccc(I)cc2c1=O. The first-order chi connectivity index (χ1) is 12.6. The number of nitrogens with zero attached hydrogens (tertiary/aromatic N) is 2. The molecular weight excluding hydrogens is 443 g/mol. The van der Waals surface area contributed by atoms with E-state index in [9.17, 15) is 4.79 Å². The molecule has 0 fully saturated rings. The number of aromatic nitrogens is 2. The van der Waals surface area contributed by atoms with Gasteiger partial charge >= 0.3 is 0 Å². The van der Waals surface area contributed by atoms with E-state index in [0.29, 0.717) is 34.8 Å². The Morgan fingerprint density at radius 3 is 2.54 bits per heavy atom. The molecule has 6 heteroatoms. The monoisotopic (exact) mass is 462 g/mol. The van der Waals surface area contributed by atoms with Crippen molar-refractivity contribution in [3.05, 3.63) is 61.7 Å². The summed E-state index contributed by atoms with van der Waals surface area (Å²) in [5.41, 5.74) is 1.61. The average Bonchev–Trinajstić information content (AvgIpc) is 2.66. The molecule has 3 aromatic rings. The number of benzene rings is 2. The fourth-order valence-electron chi connectivity index (χ4n) is 2.77. The summed E-state index contributed by atoms with van der Waals surface area (Å²) in [6.45, 7) is 2.50. The Hall–Kier alpha value is -2.35. The Morgan fingerprint density at radius 1 is 1.08 bits per heavy atom. The first-order valence-electron chi connectivity index (χ1n) is 8.17. The van der Waals surface area contributed by atoms with Crippen LogP contribution in [0, 0.1) is 3.57 Å². The molecule has 0 atom stereocenters. The number of ether oxygens (including phenoxy) is 2. The van der Waals surface area contributed by atoms with Crippen molar-refractivity contribution in [3.63, 3.8) is 0 Å². The van der Waals surface area contributed by atoms with Crippen LogP contribution in [0.3, 0.4) is 0 Å². The molecule has 0 saturated heterocycles. The number of hydrogen-bond donors (Lipinski definition) is 0. The molecule has 0 saturated carbocycles. The van der Waals surface area contributed by atoms with E-state index >= 15 is 0 Å². The van der Waals surface area contributed by atoms with Gasteiger partial charge in [0.1, 0.15) is 5.82 Å². The van der Waals surface area contributed by atoms with Gasteiger partial charge in [-0.3, -0.25) is 9.36 Å². The minimum Gasteiger partial charge on any atom is -0.493 e. The summed E-state index contributed by atoms with van der Waals surface area (Å²) in [5, 5.41) is 0.641. The van der Waals surface area contributed by atoms with Crippen molar-refractivity contribution < 1.29 is 9.47 Å². The van der Waals surface area contributed by atoms with Gasteiger partial charge in [0.05, 0.1) is 25.1 Å².